The molecule has 2 N–H and O–H groups in total. The molecule has 2 heterocycles. The number of anilines is 1. The maximum atomic E-state index is 13.1. The third-order valence-electron chi connectivity index (χ3n) is 5.11. The summed E-state index contributed by atoms with van der Waals surface area (Å²) in [4.78, 5) is 42.3. The van der Waals surface area contributed by atoms with Gasteiger partial charge in [0.1, 0.15) is 11.6 Å². The van der Waals surface area contributed by atoms with Crippen LogP contribution in [0.1, 0.15) is 44.0 Å². The van der Waals surface area contributed by atoms with E-state index >= 15 is 0 Å². The van der Waals surface area contributed by atoms with Crippen molar-refractivity contribution in [3.05, 3.63) is 59.7 Å². The number of nitrogens with zero attached hydrogens (tertiary/aromatic N) is 2. The number of thiazole rings is 1. The van der Waals surface area contributed by atoms with E-state index < -0.39 is 33.5 Å². The van der Waals surface area contributed by atoms with E-state index in [-0.39, 0.29) is 31.2 Å². The van der Waals surface area contributed by atoms with Crippen LogP contribution in [0.4, 0.5) is 5.13 Å². The third-order valence-corrected chi connectivity index (χ3v) is 6.86. The molecule has 3 rings (SSSR count). The molecule has 1 atom stereocenters. The molecule has 2 aromatic heterocycles. The van der Waals surface area contributed by atoms with Gasteiger partial charge >= 0.3 is 5.97 Å². The van der Waals surface area contributed by atoms with Gasteiger partial charge < -0.3 is 20.1 Å². The average Bonchev–Trinajstić information content (AvgIpc) is 3.53. The molecule has 13 heteroatoms. The summed E-state index contributed by atoms with van der Waals surface area (Å²) in [6.45, 7) is 5.31. The quantitative estimate of drug-likeness (QED) is 0.247. The van der Waals surface area contributed by atoms with Crippen molar-refractivity contribution in [2.45, 2.75) is 45.3 Å². The summed E-state index contributed by atoms with van der Waals surface area (Å²) in [7, 11) is -3.57. The Hall–Kier alpha value is -3.55. The lowest BCUT2D eigenvalue weighted by Crippen LogP contribution is -2.46. The lowest BCUT2D eigenvalue weighted by Gasteiger charge is -2.20. The molecule has 2 amide bonds. The molecule has 0 aliphatic carbocycles. The van der Waals surface area contributed by atoms with Crippen molar-refractivity contribution in [2.24, 2.45) is 0 Å². The Bertz CT molecular complexity index is 1390. The molecule has 1 aromatic carbocycles. The number of carbonyl (C=O) groups is 3. The number of nitrogens with one attached hydrogen (secondary N) is 2. The number of benzene rings is 1. The van der Waals surface area contributed by atoms with E-state index in [1.165, 1.54) is 23.6 Å². The topological polar surface area (TPSA) is 146 Å². The molecule has 0 bridgehead atoms. The average molecular weight is 577 g/mol. The van der Waals surface area contributed by atoms with Gasteiger partial charge in [0.05, 0.1) is 24.1 Å². The highest BCUT2D eigenvalue weighted by Gasteiger charge is 2.24. The maximum Gasteiger partial charge on any atom is 0.306 e. The fourth-order valence-corrected chi connectivity index (χ4v) is 4.63. The van der Waals surface area contributed by atoms with Crippen LogP contribution < -0.4 is 10.6 Å². The Morgan fingerprint density at radius 2 is 1.85 bits per heavy atom. The highest BCUT2D eigenvalue weighted by molar-refractivity contribution is 7.89. The van der Waals surface area contributed by atoms with E-state index in [0.717, 1.165) is 22.0 Å². The molecule has 11 nitrogen and oxygen atoms in total. The van der Waals surface area contributed by atoms with Gasteiger partial charge in [-0.1, -0.05) is 30.3 Å². The predicted molar refractivity (Wildman–Crippen MR) is 148 cm³/mol. The van der Waals surface area contributed by atoms with Gasteiger partial charge in [-0.25, -0.2) is 13.4 Å². The van der Waals surface area contributed by atoms with Crippen molar-refractivity contribution < 1.29 is 32.3 Å². The second-order valence-electron chi connectivity index (χ2n) is 9.68. The molecule has 0 aliphatic rings. The molecule has 210 valence electrons. The van der Waals surface area contributed by atoms with Crippen LogP contribution in [-0.2, 0) is 29.1 Å². The van der Waals surface area contributed by atoms with Crippen molar-refractivity contribution in [3.63, 3.8) is 0 Å². The minimum Gasteiger partial charge on any atom is -0.460 e. The predicted octanol–water partition coefficient (Wildman–Crippen LogP) is 3.29. The number of hydrogen-bond donors (Lipinski definition) is 2. The van der Waals surface area contributed by atoms with E-state index in [4.69, 9.17) is 9.47 Å². The largest absolute Gasteiger partial charge is 0.460 e. The first-order chi connectivity index (χ1) is 18.3. The zero-order valence-corrected chi connectivity index (χ0v) is 23.8. The standard InChI is InChI=1S/C26H32N4O7S2/c1-26(2,3)37-22(31)11-8-14-36-16-20(27-23(32)19-12-13-30(15-19)39(4,34)35)24(33)29-25-28-21(17-38-25)18-9-6-5-7-10-18/h5-7,9-10,12-13,15,17,20H,8,11,14,16H2,1-4H3,(H,27,32)(H,28,29,33). The van der Waals surface area contributed by atoms with Gasteiger partial charge in [0.15, 0.2) is 5.13 Å². The minimum atomic E-state index is -3.57. The number of rotatable bonds is 12. The molecule has 0 fully saturated rings. The second-order valence-corrected chi connectivity index (χ2v) is 12.4. The van der Waals surface area contributed by atoms with Crippen LogP contribution >= 0.6 is 11.3 Å². The number of carbonyl (C=O) groups excluding carboxylic acids is 3. The van der Waals surface area contributed by atoms with Crippen molar-refractivity contribution in [1.29, 1.82) is 0 Å². The Morgan fingerprint density at radius 1 is 1.13 bits per heavy atom. The highest BCUT2D eigenvalue weighted by atomic mass is 32.2. The number of aromatic nitrogens is 2. The van der Waals surface area contributed by atoms with E-state index in [9.17, 15) is 22.8 Å². The van der Waals surface area contributed by atoms with Gasteiger partial charge in [-0.2, -0.15) is 0 Å². The van der Waals surface area contributed by atoms with Crippen molar-refractivity contribution >= 4 is 44.3 Å². The molecule has 1 unspecified atom stereocenters. The molecular weight excluding hydrogens is 544 g/mol. The monoisotopic (exact) mass is 576 g/mol. The van der Waals surface area contributed by atoms with E-state index in [1.54, 1.807) is 26.2 Å². The van der Waals surface area contributed by atoms with Crippen molar-refractivity contribution in [2.75, 3.05) is 24.8 Å². The fourth-order valence-electron chi connectivity index (χ4n) is 3.32. The molecular formula is C26H32N4O7S2. The maximum absolute atomic E-state index is 13.1. The van der Waals surface area contributed by atoms with Gasteiger partial charge in [-0.3, -0.25) is 18.4 Å². The van der Waals surface area contributed by atoms with E-state index in [0.29, 0.717) is 17.2 Å². The van der Waals surface area contributed by atoms with Crippen LogP contribution in [0.15, 0.2) is 54.2 Å². The number of hydrogen-bond acceptors (Lipinski definition) is 9. The van der Waals surface area contributed by atoms with Crippen LogP contribution in [0.5, 0.6) is 0 Å². The molecule has 0 spiro atoms. The van der Waals surface area contributed by atoms with Crippen molar-refractivity contribution in [1.82, 2.24) is 14.3 Å². The SMILES string of the molecule is CC(C)(C)OC(=O)CCCOCC(NC(=O)c1ccn(S(C)(=O)=O)c1)C(=O)Nc1nc(-c2ccccc2)cs1. The van der Waals surface area contributed by atoms with Crippen LogP contribution in [-0.4, -0.2) is 66.3 Å². The number of ether oxygens (including phenoxy) is 2. The van der Waals surface area contributed by atoms with Gasteiger partial charge in [0.2, 0.25) is 10.0 Å². The summed E-state index contributed by atoms with van der Waals surface area (Å²) in [5, 5.41) is 7.43. The second kappa shape index (κ2) is 13.0. The lowest BCUT2D eigenvalue weighted by atomic mass is 10.2. The van der Waals surface area contributed by atoms with Gasteiger partial charge in [0.25, 0.3) is 11.8 Å². The summed E-state index contributed by atoms with van der Waals surface area (Å²) in [5.41, 5.74) is 1.06. The van der Waals surface area contributed by atoms with Crippen LogP contribution in [0.2, 0.25) is 0 Å². The van der Waals surface area contributed by atoms with Crippen LogP contribution in [0, 0.1) is 0 Å². The Morgan fingerprint density at radius 3 is 2.49 bits per heavy atom. The zero-order chi connectivity index (χ0) is 28.6. The first-order valence-corrected chi connectivity index (χ1v) is 14.9. The van der Waals surface area contributed by atoms with E-state index in [2.05, 4.69) is 15.6 Å². The van der Waals surface area contributed by atoms with E-state index in [1.807, 2.05) is 30.3 Å². The zero-order valence-electron chi connectivity index (χ0n) is 22.2. The molecule has 0 saturated carbocycles. The van der Waals surface area contributed by atoms with Crippen molar-refractivity contribution in [3.8, 4) is 11.3 Å². The fraction of sp³-hybridized carbons (Fsp3) is 0.385. The van der Waals surface area contributed by atoms with Gasteiger partial charge in [-0.05, 0) is 33.3 Å². The molecule has 39 heavy (non-hydrogen) atoms. The van der Waals surface area contributed by atoms with Gasteiger partial charge in [-0.15, -0.1) is 11.3 Å². The lowest BCUT2D eigenvalue weighted by molar-refractivity contribution is -0.155. The summed E-state index contributed by atoms with van der Waals surface area (Å²) >= 11 is 1.23. The molecule has 3 aromatic rings. The molecule has 0 aliphatic heterocycles. The minimum absolute atomic E-state index is 0.0590. The third kappa shape index (κ3) is 9.61. The van der Waals surface area contributed by atoms with Crippen LogP contribution in [0.25, 0.3) is 11.3 Å². The summed E-state index contributed by atoms with van der Waals surface area (Å²) in [6, 6.07) is 9.67. The molecule has 0 saturated heterocycles. The summed E-state index contributed by atoms with van der Waals surface area (Å²) in [5.74, 6) is -1.58. The number of esters is 1. The Kier molecular flexibility index (Phi) is 10.0. The summed E-state index contributed by atoms with van der Waals surface area (Å²) in [6.07, 6.45) is 3.91. The summed E-state index contributed by atoms with van der Waals surface area (Å²) < 4.78 is 35.3. The first-order valence-electron chi connectivity index (χ1n) is 12.1. The normalized spacial score (nSPS) is 12.5. The van der Waals surface area contributed by atoms with Gasteiger partial charge in [0, 0.05) is 36.4 Å². The number of amides is 2. The highest BCUT2D eigenvalue weighted by Crippen LogP contribution is 2.24. The van der Waals surface area contributed by atoms with Crippen LogP contribution in [0.3, 0.4) is 0 Å². The molecule has 0 radical (unpaired) electrons. The first kappa shape index (κ1) is 30.0. The smallest absolute Gasteiger partial charge is 0.306 e. The Labute approximate surface area is 231 Å². The Balaban J connectivity index is 1.64.